The number of aryl methyl sites for hydroxylation is 1. The third kappa shape index (κ3) is 4.00. The highest BCUT2D eigenvalue weighted by Gasteiger charge is 2.26. The molecular formula is C19H18ClNO4. The lowest BCUT2D eigenvalue weighted by Gasteiger charge is -2.33. The maximum atomic E-state index is 12.8. The normalized spacial score (nSPS) is 17.4. The van der Waals surface area contributed by atoms with Gasteiger partial charge in [-0.3, -0.25) is 4.79 Å². The van der Waals surface area contributed by atoms with Crippen molar-refractivity contribution in [3.8, 4) is 0 Å². The van der Waals surface area contributed by atoms with Crippen LogP contribution in [0.4, 0.5) is 0 Å². The predicted molar refractivity (Wildman–Crippen MR) is 94.2 cm³/mol. The number of aromatic carboxylic acids is 1. The summed E-state index contributed by atoms with van der Waals surface area (Å²) >= 11 is 5.91. The Balaban J connectivity index is 1.80. The van der Waals surface area contributed by atoms with Crippen molar-refractivity contribution in [2.75, 3.05) is 19.7 Å². The van der Waals surface area contributed by atoms with E-state index in [1.165, 1.54) is 6.07 Å². The Kier molecular flexibility index (Phi) is 5.06. The Hall–Kier alpha value is -2.37. The summed E-state index contributed by atoms with van der Waals surface area (Å²) in [6.07, 6.45) is -0.223. The highest BCUT2D eigenvalue weighted by atomic mass is 35.5. The fourth-order valence-electron chi connectivity index (χ4n) is 2.93. The molecule has 25 heavy (non-hydrogen) atoms. The number of morpholine rings is 1. The standard InChI is InChI=1S/C19H18ClNO4/c1-12-8-14(10-15(9-12)19(23)24)18(22)21-6-7-25-17(11-21)13-2-4-16(20)5-3-13/h2-5,8-10,17H,6-7,11H2,1H3,(H,23,24). The molecule has 1 unspecified atom stereocenters. The summed E-state index contributed by atoms with van der Waals surface area (Å²) in [7, 11) is 0. The van der Waals surface area contributed by atoms with E-state index in [0.29, 0.717) is 30.3 Å². The van der Waals surface area contributed by atoms with Crippen molar-refractivity contribution in [3.05, 3.63) is 69.7 Å². The Morgan fingerprint density at radius 2 is 1.84 bits per heavy atom. The zero-order valence-electron chi connectivity index (χ0n) is 13.7. The van der Waals surface area contributed by atoms with E-state index in [0.717, 1.165) is 11.1 Å². The number of ether oxygens (including phenoxy) is 1. The SMILES string of the molecule is Cc1cc(C(=O)O)cc(C(=O)N2CCOC(c3ccc(Cl)cc3)C2)c1. The van der Waals surface area contributed by atoms with Crippen molar-refractivity contribution in [2.45, 2.75) is 13.0 Å². The molecule has 1 saturated heterocycles. The van der Waals surface area contributed by atoms with E-state index in [4.69, 9.17) is 16.3 Å². The Morgan fingerprint density at radius 1 is 1.16 bits per heavy atom. The highest BCUT2D eigenvalue weighted by molar-refractivity contribution is 6.30. The number of carboxylic acids is 1. The van der Waals surface area contributed by atoms with Crippen molar-refractivity contribution in [1.82, 2.24) is 4.90 Å². The quantitative estimate of drug-likeness (QED) is 0.909. The third-order valence-corrected chi connectivity index (χ3v) is 4.42. The van der Waals surface area contributed by atoms with Gasteiger partial charge in [0.05, 0.1) is 18.7 Å². The van der Waals surface area contributed by atoms with Crippen LogP contribution in [0.2, 0.25) is 5.02 Å². The van der Waals surface area contributed by atoms with Gasteiger partial charge in [-0.1, -0.05) is 23.7 Å². The Labute approximate surface area is 150 Å². The zero-order chi connectivity index (χ0) is 18.0. The smallest absolute Gasteiger partial charge is 0.335 e. The average molecular weight is 360 g/mol. The number of hydrogen-bond acceptors (Lipinski definition) is 3. The molecule has 0 aliphatic carbocycles. The van der Waals surface area contributed by atoms with Gasteiger partial charge < -0.3 is 14.7 Å². The maximum Gasteiger partial charge on any atom is 0.335 e. The summed E-state index contributed by atoms with van der Waals surface area (Å²) in [6.45, 7) is 3.09. The van der Waals surface area contributed by atoms with Crippen LogP contribution >= 0.6 is 11.6 Å². The molecule has 0 aromatic heterocycles. The molecule has 0 bridgehead atoms. The van der Waals surface area contributed by atoms with E-state index >= 15 is 0 Å². The van der Waals surface area contributed by atoms with Gasteiger partial charge in [-0.15, -0.1) is 0 Å². The molecule has 5 nitrogen and oxygen atoms in total. The molecular weight excluding hydrogens is 342 g/mol. The molecule has 130 valence electrons. The largest absolute Gasteiger partial charge is 0.478 e. The topological polar surface area (TPSA) is 66.8 Å². The minimum atomic E-state index is -1.04. The molecule has 2 aromatic carbocycles. The van der Waals surface area contributed by atoms with Crippen LogP contribution in [0.3, 0.4) is 0 Å². The van der Waals surface area contributed by atoms with Gasteiger partial charge in [0.2, 0.25) is 0 Å². The fraction of sp³-hybridized carbons (Fsp3) is 0.263. The number of carboxylic acid groups (broad SMARTS) is 1. The second-order valence-electron chi connectivity index (χ2n) is 6.06. The molecule has 6 heteroatoms. The number of nitrogens with zero attached hydrogens (tertiary/aromatic N) is 1. The van der Waals surface area contributed by atoms with Crippen molar-refractivity contribution >= 4 is 23.5 Å². The fourth-order valence-corrected chi connectivity index (χ4v) is 3.05. The Morgan fingerprint density at radius 3 is 2.52 bits per heavy atom. The minimum Gasteiger partial charge on any atom is -0.478 e. The van der Waals surface area contributed by atoms with E-state index < -0.39 is 5.97 Å². The van der Waals surface area contributed by atoms with Crippen LogP contribution in [0.15, 0.2) is 42.5 Å². The molecule has 0 saturated carbocycles. The van der Waals surface area contributed by atoms with E-state index in [1.54, 1.807) is 36.1 Å². The number of halogens is 1. The summed E-state index contributed by atoms with van der Waals surface area (Å²) in [5, 5.41) is 9.83. The third-order valence-electron chi connectivity index (χ3n) is 4.17. The molecule has 3 rings (SSSR count). The summed E-state index contributed by atoms with van der Waals surface area (Å²) in [5.74, 6) is -1.23. The van der Waals surface area contributed by atoms with Crippen LogP contribution in [0.25, 0.3) is 0 Å². The van der Waals surface area contributed by atoms with E-state index in [1.807, 2.05) is 12.1 Å². The first-order valence-corrected chi connectivity index (χ1v) is 8.33. The van der Waals surface area contributed by atoms with Crippen LogP contribution < -0.4 is 0 Å². The molecule has 0 radical (unpaired) electrons. The van der Waals surface area contributed by atoms with Gasteiger partial charge in [-0.2, -0.15) is 0 Å². The van der Waals surface area contributed by atoms with Crippen LogP contribution in [0.5, 0.6) is 0 Å². The predicted octanol–water partition coefficient (Wildman–Crippen LogP) is 3.56. The highest BCUT2D eigenvalue weighted by Crippen LogP contribution is 2.25. The van der Waals surface area contributed by atoms with Crippen LogP contribution in [-0.2, 0) is 4.74 Å². The van der Waals surface area contributed by atoms with Gasteiger partial charge in [-0.05, 0) is 48.4 Å². The Bertz CT molecular complexity index is 804. The number of rotatable bonds is 3. The number of benzene rings is 2. The molecule has 1 atom stereocenters. The monoisotopic (exact) mass is 359 g/mol. The lowest BCUT2D eigenvalue weighted by molar-refractivity contribution is -0.0228. The molecule has 1 heterocycles. The van der Waals surface area contributed by atoms with Crippen molar-refractivity contribution in [1.29, 1.82) is 0 Å². The summed E-state index contributed by atoms with van der Waals surface area (Å²) in [5.41, 5.74) is 2.20. The van der Waals surface area contributed by atoms with Gasteiger partial charge in [-0.25, -0.2) is 4.79 Å². The number of carbonyl (C=O) groups excluding carboxylic acids is 1. The van der Waals surface area contributed by atoms with E-state index in [2.05, 4.69) is 0 Å². The average Bonchev–Trinajstić information content (AvgIpc) is 2.61. The second kappa shape index (κ2) is 7.25. The van der Waals surface area contributed by atoms with Crippen LogP contribution in [0, 0.1) is 6.92 Å². The number of carbonyl (C=O) groups is 2. The van der Waals surface area contributed by atoms with Crippen molar-refractivity contribution in [3.63, 3.8) is 0 Å². The lowest BCUT2D eigenvalue weighted by Crippen LogP contribution is -2.42. The molecule has 1 aliphatic rings. The molecule has 1 fully saturated rings. The van der Waals surface area contributed by atoms with Gasteiger partial charge in [0.1, 0.15) is 6.10 Å². The van der Waals surface area contributed by atoms with Crippen molar-refractivity contribution in [2.24, 2.45) is 0 Å². The van der Waals surface area contributed by atoms with E-state index in [9.17, 15) is 14.7 Å². The molecule has 1 N–H and O–H groups in total. The number of hydrogen-bond donors (Lipinski definition) is 1. The second-order valence-corrected chi connectivity index (χ2v) is 6.49. The zero-order valence-corrected chi connectivity index (χ0v) is 14.5. The van der Waals surface area contributed by atoms with Gasteiger partial charge >= 0.3 is 5.97 Å². The van der Waals surface area contributed by atoms with Crippen LogP contribution in [0.1, 0.15) is 37.9 Å². The number of amides is 1. The minimum absolute atomic E-state index is 0.117. The van der Waals surface area contributed by atoms with Gasteiger partial charge in [0.15, 0.2) is 0 Å². The van der Waals surface area contributed by atoms with E-state index in [-0.39, 0.29) is 17.6 Å². The lowest BCUT2D eigenvalue weighted by atomic mass is 10.0. The summed E-state index contributed by atoms with van der Waals surface area (Å²) < 4.78 is 5.77. The molecule has 2 aromatic rings. The van der Waals surface area contributed by atoms with Crippen LogP contribution in [-0.4, -0.2) is 41.6 Å². The summed E-state index contributed by atoms with van der Waals surface area (Å²) in [4.78, 5) is 25.7. The maximum absolute atomic E-state index is 12.8. The van der Waals surface area contributed by atoms with Gasteiger partial charge in [0.25, 0.3) is 5.91 Å². The molecule has 0 spiro atoms. The van der Waals surface area contributed by atoms with Gasteiger partial charge in [0, 0.05) is 17.1 Å². The summed E-state index contributed by atoms with van der Waals surface area (Å²) in [6, 6.07) is 12.0. The first kappa shape index (κ1) is 17.5. The molecule has 1 aliphatic heterocycles. The first-order valence-electron chi connectivity index (χ1n) is 7.95. The first-order chi connectivity index (χ1) is 11.9. The molecule has 1 amide bonds. The van der Waals surface area contributed by atoms with Crippen molar-refractivity contribution < 1.29 is 19.4 Å².